The maximum Gasteiger partial charge on any atom is 0.243 e. The van der Waals surface area contributed by atoms with Gasteiger partial charge in [0.25, 0.3) is 0 Å². The summed E-state index contributed by atoms with van der Waals surface area (Å²) >= 11 is 0. The average molecular weight is 288 g/mol. The van der Waals surface area contributed by atoms with Crippen molar-refractivity contribution >= 4 is 11.9 Å². The molecule has 0 aromatic carbocycles. The molecule has 0 aliphatic rings. The normalized spacial score (nSPS) is 11.3. The minimum Gasteiger partial charge on any atom is -0.382 e. The van der Waals surface area contributed by atoms with Crippen molar-refractivity contribution in [2.75, 3.05) is 60.7 Å². The monoisotopic (exact) mass is 288 g/mol. The van der Waals surface area contributed by atoms with Crippen molar-refractivity contribution in [3.05, 3.63) is 0 Å². The molecule has 0 atom stereocenters. The molecule has 0 aromatic heterocycles. The van der Waals surface area contributed by atoms with E-state index in [2.05, 4.69) is 15.6 Å². The number of rotatable bonds is 10. The highest BCUT2D eigenvalue weighted by Gasteiger charge is 2.03. The molecule has 0 saturated heterocycles. The first-order valence-corrected chi connectivity index (χ1v) is 6.90. The Morgan fingerprint density at radius 3 is 2.55 bits per heavy atom. The fourth-order valence-electron chi connectivity index (χ4n) is 1.26. The predicted octanol–water partition coefficient (Wildman–Crippen LogP) is -0.317. The molecule has 0 radical (unpaired) electrons. The van der Waals surface area contributed by atoms with E-state index < -0.39 is 0 Å². The third-order valence-electron chi connectivity index (χ3n) is 2.41. The van der Waals surface area contributed by atoms with Crippen LogP contribution in [0.15, 0.2) is 4.99 Å². The van der Waals surface area contributed by atoms with Crippen LogP contribution >= 0.6 is 0 Å². The van der Waals surface area contributed by atoms with Crippen molar-refractivity contribution in [3.8, 4) is 0 Å². The quantitative estimate of drug-likeness (QED) is 0.327. The maximum atomic E-state index is 11.5. The molecule has 0 aromatic rings. The molecule has 0 heterocycles. The lowest BCUT2D eigenvalue weighted by Gasteiger charge is -2.12. The zero-order valence-corrected chi connectivity index (χ0v) is 13.1. The third-order valence-corrected chi connectivity index (χ3v) is 2.41. The van der Waals surface area contributed by atoms with Gasteiger partial charge < -0.3 is 25.0 Å². The highest BCUT2D eigenvalue weighted by atomic mass is 16.5. The lowest BCUT2D eigenvalue weighted by Crippen LogP contribution is -2.39. The molecule has 0 aliphatic carbocycles. The number of methoxy groups -OCH3 is 1. The summed E-state index contributed by atoms with van der Waals surface area (Å²) in [4.78, 5) is 17.2. The van der Waals surface area contributed by atoms with E-state index in [-0.39, 0.29) is 12.5 Å². The second-order valence-electron chi connectivity index (χ2n) is 4.37. The fourth-order valence-corrected chi connectivity index (χ4v) is 1.26. The summed E-state index contributed by atoms with van der Waals surface area (Å²) < 4.78 is 10.2. The number of carbonyl (C=O) groups is 1. The predicted molar refractivity (Wildman–Crippen MR) is 80.0 cm³/mol. The van der Waals surface area contributed by atoms with Crippen LogP contribution in [-0.4, -0.2) is 77.4 Å². The van der Waals surface area contributed by atoms with Gasteiger partial charge in [-0.05, 0) is 13.3 Å². The minimum absolute atomic E-state index is 0.0231. The Morgan fingerprint density at radius 1 is 1.20 bits per heavy atom. The van der Waals surface area contributed by atoms with Gasteiger partial charge in [0, 0.05) is 40.9 Å². The first-order chi connectivity index (χ1) is 9.61. The van der Waals surface area contributed by atoms with E-state index in [0.29, 0.717) is 25.8 Å². The number of hydrogen-bond donors (Lipinski definition) is 2. The highest BCUT2D eigenvalue weighted by Crippen LogP contribution is 1.84. The molecule has 0 rings (SSSR count). The Bertz CT molecular complexity index is 283. The standard InChI is InChI=1S/C13H28N4O3/c1-5-14-13(16-11-12(18)17(2)3)15-7-6-8-20-10-9-19-4/h5-11H2,1-4H3,(H2,14,15,16). The lowest BCUT2D eigenvalue weighted by molar-refractivity contribution is -0.127. The van der Waals surface area contributed by atoms with Gasteiger partial charge in [-0.15, -0.1) is 0 Å². The molecule has 0 aliphatic heterocycles. The van der Waals surface area contributed by atoms with Gasteiger partial charge in [0.05, 0.1) is 13.2 Å². The minimum atomic E-state index is -0.0231. The van der Waals surface area contributed by atoms with Crippen molar-refractivity contribution in [1.29, 1.82) is 0 Å². The zero-order chi connectivity index (χ0) is 15.2. The molecule has 7 heteroatoms. The Balaban J connectivity index is 3.84. The third kappa shape index (κ3) is 10.6. The molecule has 0 bridgehead atoms. The van der Waals surface area contributed by atoms with Crippen LogP contribution in [0.2, 0.25) is 0 Å². The smallest absolute Gasteiger partial charge is 0.243 e. The van der Waals surface area contributed by atoms with Gasteiger partial charge in [-0.1, -0.05) is 0 Å². The van der Waals surface area contributed by atoms with E-state index in [4.69, 9.17) is 9.47 Å². The van der Waals surface area contributed by atoms with Crippen LogP contribution < -0.4 is 10.6 Å². The summed E-state index contributed by atoms with van der Waals surface area (Å²) in [6.45, 7) is 5.53. The summed E-state index contributed by atoms with van der Waals surface area (Å²) in [5.74, 6) is 0.629. The first kappa shape index (κ1) is 18.7. The summed E-state index contributed by atoms with van der Waals surface area (Å²) in [7, 11) is 5.09. The topological polar surface area (TPSA) is 75.2 Å². The SMILES string of the molecule is CCNC(=NCC(=O)N(C)C)NCCCOCCOC. The molecular weight excluding hydrogens is 260 g/mol. The number of nitrogens with zero attached hydrogens (tertiary/aromatic N) is 2. The molecule has 2 N–H and O–H groups in total. The number of nitrogens with one attached hydrogen (secondary N) is 2. The number of guanidine groups is 1. The van der Waals surface area contributed by atoms with Gasteiger partial charge >= 0.3 is 0 Å². The van der Waals surface area contributed by atoms with Gasteiger partial charge in [0.2, 0.25) is 5.91 Å². The van der Waals surface area contributed by atoms with Crippen molar-refractivity contribution in [3.63, 3.8) is 0 Å². The fraction of sp³-hybridized carbons (Fsp3) is 0.846. The number of likely N-dealkylation sites (N-methyl/N-ethyl adjacent to an activating group) is 1. The summed E-state index contributed by atoms with van der Waals surface area (Å²) in [6, 6.07) is 0. The molecule has 7 nitrogen and oxygen atoms in total. The maximum absolute atomic E-state index is 11.5. The van der Waals surface area contributed by atoms with Crippen LogP contribution in [0.3, 0.4) is 0 Å². The van der Waals surface area contributed by atoms with Crippen LogP contribution in [0.25, 0.3) is 0 Å². The second-order valence-corrected chi connectivity index (χ2v) is 4.37. The van der Waals surface area contributed by atoms with E-state index >= 15 is 0 Å². The van der Waals surface area contributed by atoms with Crippen LogP contribution in [0, 0.1) is 0 Å². The zero-order valence-electron chi connectivity index (χ0n) is 13.1. The average Bonchev–Trinajstić information content (AvgIpc) is 2.43. The van der Waals surface area contributed by atoms with Crippen molar-refractivity contribution in [1.82, 2.24) is 15.5 Å². The molecule has 0 unspecified atom stereocenters. The number of amides is 1. The highest BCUT2D eigenvalue weighted by molar-refractivity contribution is 5.84. The lowest BCUT2D eigenvalue weighted by atomic mass is 10.4. The Morgan fingerprint density at radius 2 is 1.95 bits per heavy atom. The van der Waals surface area contributed by atoms with Gasteiger partial charge in [0.15, 0.2) is 5.96 Å². The van der Waals surface area contributed by atoms with Crippen LogP contribution in [0.1, 0.15) is 13.3 Å². The Hall–Kier alpha value is -1.34. The van der Waals surface area contributed by atoms with E-state index in [1.54, 1.807) is 21.2 Å². The molecule has 118 valence electrons. The van der Waals surface area contributed by atoms with Crippen molar-refractivity contribution in [2.24, 2.45) is 4.99 Å². The number of carbonyl (C=O) groups excluding carboxylic acids is 1. The second kappa shape index (κ2) is 12.7. The van der Waals surface area contributed by atoms with E-state index in [1.807, 2.05) is 6.92 Å². The van der Waals surface area contributed by atoms with Crippen LogP contribution in [0.4, 0.5) is 0 Å². The molecular formula is C13H28N4O3. The Labute approximate surface area is 121 Å². The van der Waals surface area contributed by atoms with E-state index in [0.717, 1.165) is 19.5 Å². The summed E-state index contributed by atoms with van der Waals surface area (Å²) in [5, 5.41) is 6.26. The van der Waals surface area contributed by atoms with Gasteiger partial charge in [0.1, 0.15) is 6.54 Å². The van der Waals surface area contributed by atoms with Crippen molar-refractivity contribution < 1.29 is 14.3 Å². The summed E-state index contributed by atoms with van der Waals surface area (Å²) in [5.41, 5.74) is 0. The molecule has 0 saturated carbocycles. The largest absolute Gasteiger partial charge is 0.382 e. The van der Waals surface area contributed by atoms with Gasteiger partial charge in [-0.25, -0.2) is 4.99 Å². The van der Waals surface area contributed by atoms with Gasteiger partial charge in [-0.2, -0.15) is 0 Å². The van der Waals surface area contributed by atoms with Crippen molar-refractivity contribution in [2.45, 2.75) is 13.3 Å². The summed E-state index contributed by atoms with van der Waals surface area (Å²) in [6.07, 6.45) is 0.871. The van der Waals surface area contributed by atoms with E-state index in [1.165, 1.54) is 4.90 Å². The number of ether oxygens (including phenoxy) is 2. The molecule has 20 heavy (non-hydrogen) atoms. The Kier molecular flexibility index (Phi) is 11.8. The molecule has 0 fully saturated rings. The van der Waals surface area contributed by atoms with Crippen LogP contribution in [-0.2, 0) is 14.3 Å². The number of aliphatic imine (C=N–C) groups is 1. The number of hydrogen-bond acceptors (Lipinski definition) is 4. The molecule has 1 amide bonds. The van der Waals surface area contributed by atoms with Gasteiger partial charge in [-0.3, -0.25) is 4.79 Å². The van der Waals surface area contributed by atoms with Crippen LogP contribution in [0.5, 0.6) is 0 Å². The van der Waals surface area contributed by atoms with E-state index in [9.17, 15) is 4.79 Å². The first-order valence-electron chi connectivity index (χ1n) is 6.90. The molecule has 0 spiro atoms.